The minimum atomic E-state index is -3.58. The molecule has 0 saturated carbocycles. The van der Waals surface area contributed by atoms with Crippen LogP contribution in [0.15, 0.2) is 29.2 Å². The maximum absolute atomic E-state index is 12.3. The van der Waals surface area contributed by atoms with Gasteiger partial charge in [0.25, 0.3) is 5.91 Å². The van der Waals surface area contributed by atoms with Crippen LogP contribution in [0.5, 0.6) is 0 Å². The number of amides is 1. The highest BCUT2D eigenvalue weighted by Crippen LogP contribution is 2.15. The van der Waals surface area contributed by atoms with Gasteiger partial charge >= 0.3 is 0 Å². The fraction of sp³-hybridized carbons (Fsp3) is 0.500. The molecule has 1 fully saturated rings. The second-order valence-corrected chi connectivity index (χ2v) is 6.98. The average Bonchev–Trinajstić information content (AvgIpc) is 2.93. The van der Waals surface area contributed by atoms with Gasteiger partial charge in [0.05, 0.1) is 11.5 Å². The SMILES string of the molecule is COCCNS(=O)(=O)c1ccc(C(=O)N2CC[C@@H](N)C2)cc1.Cl. The van der Waals surface area contributed by atoms with Crippen molar-refractivity contribution in [2.75, 3.05) is 33.4 Å². The molecule has 0 unspecified atom stereocenters. The summed E-state index contributed by atoms with van der Waals surface area (Å²) in [4.78, 5) is 14.1. The van der Waals surface area contributed by atoms with Crippen molar-refractivity contribution >= 4 is 28.3 Å². The average molecular weight is 364 g/mol. The molecule has 0 aliphatic carbocycles. The number of carbonyl (C=O) groups excluding carboxylic acids is 1. The van der Waals surface area contributed by atoms with Gasteiger partial charge in [-0.15, -0.1) is 12.4 Å². The van der Waals surface area contributed by atoms with E-state index in [0.29, 0.717) is 25.3 Å². The third kappa shape index (κ3) is 5.15. The fourth-order valence-electron chi connectivity index (χ4n) is 2.29. The Morgan fingerprint density at radius 2 is 2.04 bits per heavy atom. The summed E-state index contributed by atoms with van der Waals surface area (Å²) >= 11 is 0. The van der Waals surface area contributed by atoms with Crippen molar-refractivity contribution in [1.29, 1.82) is 0 Å². The van der Waals surface area contributed by atoms with Gasteiger partial charge in [-0.25, -0.2) is 13.1 Å². The number of halogens is 1. The van der Waals surface area contributed by atoms with Gasteiger partial charge in [-0.2, -0.15) is 0 Å². The first kappa shape index (κ1) is 19.9. The van der Waals surface area contributed by atoms with E-state index < -0.39 is 10.0 Å². The van der Waals surface area contributed by atoms with E-state index in [0.717, 1.165) is 6.42 Å². The molecule has 1 aromatic rings. The van der Waals surface area contributed by atoms with Crippen LogP contribution in [0.2, 0.25) is 0 Å². The van der Waals surface area contributed by atoms with Crippen LogP contribution >= 0.6 is 12.4 Å². The molecule has 0 spiro atoms. The van der Waals surface area contributed by atoms with Crippen LogP contribution in [0.4, 0.5) is 0 Å². The van der Waals surface area contributed by atoms with Crippen LogP contribution in [0.3, 0.4) is 0 Å². The van der Waals surface area contributed by atoms with Crippen molar-refractivity contribution < 1.29 is 17.9 Å². The maximum Gasteiger partial charge on any atom is 0.253 e. The third-order valence-corrected chi connectivity index (χ3v) is 5.00. The number of nitrogens with zero attached hydrogens (tertiary/aromatic N) is 1. The first-order valence-corrected chi connectivity index (χ1v) is 8.56. The Morgan fingerprint density at radius 3 is 2.57 bits per heavy atom. The number of benzene rings is 1. The van der Waals surface area contributed by atoms with Gasteiger partial charge < -0.3 is 15.4 Å². The van der Waals surface area contributed by atoms with Crippen LogP contribution in [-0.4, -0.2) is 58.6 Å². The molecule has 0 aromatic heterocycles. The van der Waals surface area contributed by atoms with Crippen molar-refractivity contribution in [3.63, 3.8) is 0 Å². The van der Waals surface area contributed by atoms with Gasteiger partial charge in [0.2, 0.25) is 10.0 Å². The summed E-state index contributed by atoms with van der Waals surface area (Å²) < 4.78 is 31.2. The van der Waals surface area contributed by atoms with E-state index in [9.17, 15) is 13.2 Å². The topological polar surface area (TPSA) is 102 Å². The molecule has 1 aliphatic rings. The van der Waals surface area contributed by atoms with E-state index >= 15 is 0 Å². The Bertz CT molecular complexity index is 621. The first-order valence-electron chi connectivity index (χ1n) is 7.07. The highest BCUT2D eigenvalue weighted by atomic mass is 35.5. The monoisotopic (exact) mass is 363 g/mol. The van der Waals surface area contributed by atoms with Crippen molar-refractivity contribution in [3.05, 3.63) is 29.8 Å². The third-order valence-electron chi connectivity index (χ3n) is 3.52. The Hall–Kier alpha value is -1.19. The molecular formula is C14H22ClN3O4S. The number of sulfonamides is 1. The van der Waals surface area contributed by atoms with Crippen molar-refractivity contribution in [2.45, 2.75) is 17.4 Å². The maximum atomic E-state index is 12.3. The molecule has 1 heterocycles. The predicted octanol–water partition coefficient (Wildman–Crippen LogP) is 0.206. The van der Waals surface area contributed by atoms with E-state index in [1.165, 1.54) is 31.4 Å². The summed E-state index contributed by atoms with van der Waals surface area (Å²) in [6, 6.07) is 5.93. The summed E-state index contributed by atoms with van der Waals surface area (Å²) in [7, 11) is -2.08. The number of likely N-dealkylation sites (tertiary alicyclic amines) is 1. The van der Waals surface area contributed by atoms with Crippen LogP contribution in [0.25, 0.3) is 0 Å². The molecular weight excluding hydrogens is 342 g/mol. The lowest BCUT2D eigenvalue weighted by atomic mass is 10.2. The summed E-state index contributed by atoms with van der Waals surface area (Å²) in [5, 5.41) is 0. The normalized spacial score (nSPS) is 17.8. The Labute approximate surface area is 142 Å². The highest BCUT2D eigenvalue weighted by molar-refractivity contribution is 7.89. The zero-order valence-electron chi connectivity index (χ0n) is 12.9. The molecule has 7 nitrogen and oxygen atoms in total. The number of hydrogen-bond acceptors (Lipinski definition) is 5. The summed E-state index contributed by atoms with van der Waals surface area (Å²) in [5.74, 6) is -0.121. The van der Waals surface area contributed by atoms with Gasteiger partial charge in [-0.3, -0.25) is 4.79 Å². The molecule has 1 atom stereocenters. The van der Waals surface area contributed by atoms with Crippen LogP contribution in [0, 0.1) is 0 Å². The van der Waals surface area contributed by atoms with Crippen LogP contribution in [0.1, 0.15) is 16.8 Å². The van der Waals surface area contributed by atoms with E-state index in [1.807, 2.05) is 0 Å². The van der Waals surface area contributed by atoms with Crippen molar-refractivity contribution in [3.8, 4) is 0 Å². The molecule has 0 radical (unpaired) electrons. The lowest BCUT2D eigenvalue weighted by molar-refractivity contribution is 0.0791. The van der Waals surface area contributed by atoms with Crippen LogP contribution in [-0.2, 0) is 14.8 Å². The quantitative estimate of drug-likeness (QED) is 0.703. The molecule has 1 amide bonds. The van der Waals surface area contributed by atoms with Gasteiger partial charge in [0, 0.05) is 38.3 Å². The molecule has 1 aromatic carbocycles. The zero-order valence-corrected chi connectivity index (χ0v) is 14.5. The zero-order chi connectivity index (χ0) is 16.2. The minimum absolute atomic E-state index is 0. The standard InChI is InChI=1S/C14H21N3O4S.ClH/c1-21-9-7-16-22(19,20)13-4-2-11(3-5-13)14(18)17-8-6-12(15)10-17;/h2-5,12,16H,6-10,15H2,1H3;1H/t12-;/m1./s1. The molecule has 1 saturated heterocycles. The van der Waals surface area contributed by atoms with E-state index in [-0.39, 0.29) is 35.8 Å². The largest absolute Gasteiger partial charge is 0.383 e. The van der Waals surface area contributed by atoms with Gasteiger partial charge in [-0.05, 0) is 30.7 Å². The van der Waals surface area contributed by atoms with Crippen LogP contribution < -0.4 is 10.5 Å². The molecule has 2 rings (SSSR count). The summed E-state index contributed by atoms with van der Waals surface area (Å²) in [6.07, 6.45) is 0.793. The lowest BCUT2D eigenvalue weighted by Crippen LogP contribution is -2.32. The number of hydrogen-bond donors (Lipinski definition) is 2. The Balaban J connectivity index is 0.00000264. The predicted molar refractivity (Wildman–Crippen MR) is 89.3 cm³/mol. The smallest absolute Gasteiger partial charge is 0.253 e. The second kappa shape index (κ2) is 8.60. The van der Waals surface area contributed by atoms with E-state index in [2.05, 4.69) is 4.72 Å². The number of ether oxygens (including phenoxy) is 1. The molecule has 130 valence electrons. The fourth-order valence-corrected chi connectivity index (χ4v) is 3.31. The molecule has 1 aliphatic heterocycles. The number of methoxy groups -OCH3 is 1. The molecule has 23 heavy (non-hydrogen) atoms. The molecule has 9 heteroatoms. The molecule has 0 bridgehead atoms. The summed E-state index contributed by atoms with van der Waals surface area (Å²) in [5.41, 5.74) is 6.25. The highest BCUT2D eigenvalue weighted by Gasteiger charge is 2.24. The second-order valence-electron chi connectivity index (χ2n) is 5.21. The Kier molecular flexibility index (Phi) is 7.43. The number of carbonyl (C=O) groups is 1. The van der Waals surface area contributed by atoms with Crippen molar-refractivity contribution in [1.82, 2.24) is 9.62 Å². The van der Waals surface area contributed by atoms with Gasteiger partial charge in [0.1, 0.15) is 0 Å². The van der Waals surface area contributed by atoms with Crippen molar-refractivity contribution in [2.24, 2.45) is 5.73 Å². The van der Waals surface area contributed by atoms with Gasteiger partial charge in [-0.1, -0.05) is 0 Å². The number of rotatable bonds is 6. The first-order chi connectivity index (χ1) is 10.4. The Morgan fingerprint density at radius 1 is 1.39 bits per heavy atom. The van der Waals surface area contributed by atoms with E-state index in [1.54, 1.807) is 4.90 Å². The minimum Gasteiger partial charge on any atom is -0.383 e. The number of nitrogens with one attached hydrogen (secondary N) is 1. The van der Waals surface area contributed by atoms with E-state index in [4.69, 9.17) is 10.5 Å². The van der Waals surface area contributed by atoms with Gasteiger partial charge in [0.15, 0.2) is 0 Å². The number of nitrogens with two attached hydrogens (primary N) is 1. The molecule has 3 N–H and O–H groups in total. The lowest BCUT2D eigenvalue weighted by Gasteiger charge is -2.16. The summed E-state index contributed by atoms with van der Waals surface area (Å²) in [6.45, 7) is 1.67.